The van der Waals surface area contributed by atoms with Crippen LogP contribution in [0.3, 0.4) is 0 Å². The van der Waals surface area contributed by atoms with Crippen molar-refractivity contribution >= 4 is 17.3 Å². The fraction of sp³-hybridized carbons (Fsp3) is 0.346. The summed E-state index contributed by atoms with van der Waals surface area (Å²) in [6.07, 6.45) is 2.63. The zero-order valence-electron chi connectivity index (χ0n) is 20.4. The van der Waals surface area contributed by atoms with Gasteiger partial charge in [-0.3, -0.25) is 9.78 Å². The lowest BCUT2D eigenvalue weighted by Crippen LogP contribution is -2.55. The molecule has 3 aromatic rings. The molecule has 0 bridgehead atoms. The van der Waals surface area contributed by atoms with Crippen molar-refractivity contribution in [3.05, 3.63) is 71.4 Å². The average Bonchev–Trinajstić information content (AvgIpc) is 2.86. The van der Waals surface area contributed by atoms with Crippen molar-refractivity contribution in [2.45, 2.75) is 25.5 Å². The van der Waals surface area contributed by atoms with Crippen LogP contribution in [-0.2, 0) is 11.2 Å². The molecule has 1 aromatic carbocycles. The summed E-state index contributed by atoms with van der Waals surface area (Å²) in [5.41, 5.74) is 5.87. The van der Waals surface area contributed by atoms with Gasteiger partial charge in [-0.05, 0) is 42.3 Å². The predicted octanol–water partition coefficient (Wildman–Crippen LogP) is 3.15. The molecule has 0 unspecified atom stereocenters. The van der Waals surface area contributed by atoms with Crippen LogP contribution in [0, 0.1) is 23.4 Å². The van der Waals surface area contributed by atoms with E-state index in [0.717, 1.165) is 24.3 Å². The molecule has 1 saturated heterocycles. The van der Waals surface area contributed by atoms with Gasteiger partial charge in [-0.15, -0.1) is 0 Å². The van der Waals surface area contributed by atoms with Gasteiger partial charge in [0.15, 0.2) is 0 Å². The number of rotatable bonds is 7. The summed E-state index contributed by atoms with van der Waals surface area (Å²) in [6, 6.07) is 5.47. The summed E-state index contributed by atoms with van der Waals surface area (Å²) in [7, 11) is 1.47. The number of ether oxygens (including phenoxy) is 1. The standard InChI is InChI=1S/C26H28F3N5O3/c1-14-12-34(13-19(30)25(14)35)22-5-7-31-11-21(22)33-26(36)20-4-3-16(27)24(32-20)23-17(28)9-15(6-8-37-2)10-18(23)29/h3-5,7,9-11,14,19,25,35H,6,8,12-13,30H2,1-2H3,(H,33,36)/t14-,19+,25+/m0/s1. The third-order valence-corrected chi connectivity index (χ3v) is 6.36. The van der Waals surface area contributed by atoms with E-state index in [4.69, 9.17) is 10.5 Å². The van der Waals surface area contributed by atoms with Crippen LogP contribution in [-0.4, -0.2) is 59.9 Å². The Balaban J connectivity index is 1.61. The topological polar surface area (TPSA) is 114 Å². The minimum absolute atomic E-state index is 0.104. The number of carbonyl (C=O) groups excluding carboxylic acids is 1. The molecule has 8 nitrogen and oxygen atoms in total. The Bertz CT molecular complexity index is 1260. The summed E-state index contributed by atoms with van der Waals surface area (Å²) < 4.78 is 49.2. The second-order valence-corrected chi connectivity index (χ2v) is 9.09. The van der Waals surface area contributed by atoms with Gasteiger partial charge in [0, 0.05) is 38.4 Å². The number of pyridine rings is 2. The maximum absolute atomic E-state index is 14.8. The van der Waals surface area contributed by atoms with Crippen LogP contribution in [0.2, 0.25) is 0 Å². The minimum Gasteiger partial charge on any atom is -0.391 e. The van der Waals surface area contributed by atoms with Gasteiger partial charge in [0.2, 0.25) is 0 Å². The smallest absolute Gasteiger partial charge is 0.274 e. The van der Waals surface area contributed by atoms with Gasteiger partial charge < -0.3 is 25.8 Å². The quantitative estimate of drug-likeness (QED) is 0.443. The number of hydrogen-bond donors (Lipinski definition) is 3. The van der Waals surface area contributed by atoms with Gasteiger partial charge >= 0.3 is 0 Å². The largest absolute Gasteiger partial charge is 0.391 e. The first-order valence-electron chi connectivity index (χ1n) is 11.8. The van der Waals surface area contributed by atoms with E-state index in [9.17, 15) is 23.1 Å². The van der Waals surface area contributed by atoms with Gasteiger partial charge in [-0.2, -0.15) is 0 Å². The van der Waals surface area contributed by atoms with E-state index in [0.29, 0.717) is 30.0 Å². The summed E-state index contributed by atoms with van der Waals surface area (Å²) >= 11 is 0. The minimum atomic E-state index is -0.998. The molecular formula is C26H28F3N5O3. The number of aliphatic hydroxyl groups excluding tert-OH is 1. The molecule has 3 atom stereocenters. The normalized spacial score (nSPS) is 19.6. The third kappa shape index (κ3) is 5.74. The molecule has 4 N–H and O–H groups in total. The lowest BCUT2D eigenvalue weighted by molar-refractivity contribution is 0.0785. The first-order valence-corrected chi connectivity index (χ1v) is 11.8. The first kappa shape index (κ1) is 26.5. The number of hydrogen-bond acceptors (Lipinski definition) is 7. The molecule has 1 amide bonds. The molecule has 1 aliphatic rings. The number of methoxy groups -OCH3 is 1. The van der Waals surface area contributed by atoms with Crippen LogP contribution in [0.15, 0.2) is 42.7 Å². The molecule has 0 aliphatic carbocycles. The lowest BCUT2D eigenvalue weighted by Gasteiger charge is -2.40. The highest BCUT2D eigenvalue weighted by Gasteiger charge is 2.32. The van der Waals surface area contributed by atoms with Gasteiger partial charge in [0.25, 0.3) is 5.91 Å². The van der Waals surface area contributed by atoms with Crippen molar-refractivity contribution in [1.82, 2.24) is 9.97 Å². The molecule has 4 rings (SSSR count). The maximum atomic E-state index is 14.8. The Kier molecular flexibility index (Phi) is 8.06. The molecule has 11 heteroatoms. The highest BCUT2D eigenvalue weighted by molar-refractivity contribution is 6.04. The fourth-order valence-corrected chi connectivity index (χ4v) is 4.42. The molecule has 37 heavy (non-hydrogen) atoms. The van der Waals surface area contributed by atoms with Gasteiger partial charge in [0.05, 0.1) is 35.8 Å². The van der Waals surface area contributed by atoms with E-state index in [2.05, 4.69) is 15.3 Å². The molecule has 0 spiro atoms. The summed E-state index contributed by atoms with van der Waals surface area (Å²) in [5, 5.41) is 12.9. The number of nitrogens with zero attached hydrogens (tertiary/aromatic N) is 3. The summed E-state index contributed by atoms with van der Waals surface area (Å²) in [4.78, 5) is 23.0. The number of amides is 1. The van der Waals surface area contributed by atoms with E-state index in [1.165, 1.54) is 13.3 Å². The fourth-order valence-electron chi connectivity index (χ4n) is 4.42. The number of halogens is 3. The SMILES string of the molecule is COCCc1cc(F)c(-c2nc(C(=O)Nc3cnccc3N3C[C@@H](N)[C@H](O)[C@@H](C)C3)ccc2F)c(F)c1. The van der Waals surface area contributed by atoms with E-state index >= 15 is 0 Å². The van der Waals surface area contributed by atoms with Crippen LogP contribution >= 0.6 is 0 Å². The molecule has 3 heterocycles. The van der Waals surface area contributed by atoms with Crippen LogP contribution in [0.5, 0.6) is 0 Å². The third-order valence-electron chi connectivity index (χ3n) is 6.36. The first-order chi connectivity index (χ1) is 17.7. The number of aromatic nitrogens is 2. The van der Waals surface area contributed by atoms with E-state index in [1.807, 2.05) is 11.8 Å². The zero-order chi connectivity index (χ0) is 26.7. The Morgan fingerprint density at radius 1 is 1.19 bits per heavy atom. The molecule has 0 saturated carbocycles. The van der Waals surface area contributed by atoms with Crippen molar-refractivity contribution in [2.75, 3.05) is 37.0 Å². The Morgan fingerprint density at radius 2 is 1.92 bits per heavy atom. The number of benzene rings is 1. The molecule has 0 radical (unpaired) electrons. The molecule has 1 fully saturated rings. The molecule has 196 valence electrons. The van der Waals surface area contributed by atoms with Crippen LogP contribution in [0.1, 0.15) is 23.0 Å². The number of aliphatic hydroxyl groups is 1. The molecular weight excluding hydrogens is 487 g/mol. The van der Waals surface area contributed by atoms with Crippen molar-refractivity contribution < 1.29 is 27.8 Å². The van der Waals surface area contributed by atoms with E-state index in [1.54, 1.807) is 12.3 Å². The van der Waals surface area contributed by atoms with Crippen LogP contribution < -0.4 is 16.0 Å². The van der Waals surface area contributed by atoms with Crippen molar-refractivity contribution in [2.24, 2.45) is 11.7 Å². The number of piperidine rings is 1. The lowest BCUT2D eigenvalue weighted by atomic mass is 9.92. The van der Waals surface area contributed by atoms with Crippen molar-refractivity contribution in [1.29, 1.82) is 0 Å². The van der Waals surface area contributed by atoms with Gasteiger partial charge in [0.1, 0.15) is 28.8 Å². The summed E-state index contributed by atoms with van der Waals surface area (Å²) in [5.74, 6) is -3.80. The van der Waals surface area contributed by atoms with E-state index in [-0.39, 0.29) is 24.6 Å². The number of carbonyl (C=O) groups is 1. The van der Waals surface area contributed by atoms with Crippen LogP contribution in [0.4, 0.5) is 24.5 Å². The number of nitrogens with one attached hydrogen (secondary N) is 1. The van der Waals surface area contributed by atoms with Gasteiger partial charge in [-0.1, -0.05) is 6.92 Å². The predicted molar refractivity (Wildman–Crippen MR) is 133 cm³/mol. The number of anilines is 2. The molecule has 2 aromatic heterocycles. The Hall–Kier alpha value is -3.54. The van der Waals surface area contributed by atoms with Crippen molar-refractivity contribution in [3.63, 3.8) is 0 Å². The highest BCUT2D eigenvalue weighted by atomic mass is 19.1. The second kappa shape index (κ2) is 11.2. The summed E-state index contributed by atoms with van der Waals surface area (Å²) in [6.45, 7) is 3.00. The highest BCUT2D eigenvalue weighted by Crippen LogP contribution is 2.31. The number of nitrogens with two attached hydrogens (primary N) is 1. The van der Waals surface area contributed by atoms with Gasteiger partial charge in [-0.25, -0.2) is 18.2 Å². The zero-order valence-corrected chi connectivity index (χ0v) is 20.4. The van der Waals surface area contributed by atoms with Crippen LogP contribution in [0.25, 0.3) is 11.3 Å². The monoisotopic (exact) mass is 515 g/mol. The average molecular weight is 516 g/mol. The Morgan fingerprint density at radius 3 is 2.59 bits per heavy atom. The second-order valence-electron chi connectivity index (χ2n) is 9.09. The molecule has 1 aliphatic heterocycles. The Labute approximate surface area is 212 Å². The van der Waals surface area contributed by atoms with E-state index < -0.39 is 46.8 Å². The maximum Gasteiger partial charge on any atom is 0.274 e. The van der Waals surface area contributed by atoms with Crippen molar-refractivity contribution in [3.8, 4) is 11.3 Å².